The zero-order chi connectivity index (χ0) is 34.9. The Morgan fingerprint density at radius 1 is 0.848 bits per heavy atom. The van der Waals surface area contributed by atoms with E-state index in [1.54, 1.807) is 13.8 Å². The molecular weight excluding hydrogens is 598 g/mol. The van der Waals surface area contributed by atoms with Gasteiger partial charge in [0.1, 0.15) is 12.7 Å². The highest BCUT2D eigenvalue weighted by Crippen LogP contribution is 2.29. The van der Waals surface area contributed by atoms with E-state index in [1.165, 1.54) is 13.2 Å². The first kappa shape index (κ1) is 40.0. The Kier molecular flexibility index (Phi) is 16.9. The number of carbonyl (C=O) groups is 4. The summed E-state index contributed by atoms with van der Waals surface area (Å²) in [5.74, 6) is 0.407. The lowest BCUT2D eigenvalue weighted by molar-refractivity contribution is 0.0521. The van der Waals surface area contributed by atoms with Crippen LogP contribution in [-0.2, 0) is 14.2 Å². The highest BCUT2D eigenvalue weighted by Gasteiger charge is 2.23. The SMILES string of the molecule is COC(=O)NCCC(C)(C)CC(C)CNC(=O)OC(C)COC(=O)NCCC(C)(C)CC(C)CNC(=O)Nc1nc(C)cc(=O)[nH]1. The van der Waals surface area contributed by atoms with E-state index < -0.39 is 30.4 Å². The van der Waals surface area contributed by atoms with Crippen molar-refractivity contribution in [2.24, 2.45) is 22.7 Å². The van der Waals surface area contributed by atoms with Crippen LogP contribution in [0.1, 0.15) is 79.8 Å². The number of anilines is 1. The third kappa shape index (κ3) is 18.7. The summed E-state index contributed by atoms with van der Waals surface area (Å²) in [6.07, 6.45) is 0.782. The molecule has 0 aromatic carbocycles. The molecule has 0 radical (unpaired) electrons. The average Bonchev–Trinajstić information content (AvgIpc) is 2.92. The number of amides is 5. The highest BCUT2D eigenvalue weighted by molar-refractivity contribution is 5.87. The molecule has 1 aromatic heterocycles. The van der Waals surface area contributed by atoms with Crippen LogP contribution in [0, 0.1) is 29.6 Å². The molecule has 0 spiro atoms. The molecule has 0 bridgehead atoms. The molecular formula is C31H55N7O8. The van der Waals surface area contributed by atoms with Gasteiger partial charge in [-0.2, -0.15) is 0 Å². The number of urea groups is 1. The van der Waals surface area contributed by atoms with Gasteiger partial charge in [-0.25, -0.2) is 24.2 Å². The van der Waals surface area contributed by atoms with Gasteiger partial charge in [-0.1, -0.05) is 41.5 Å². The van der Waals surface area contributed by atoms with Gasteiger partial charge in [0.2, 0.25) is 5.95 Å². The normalized spacial score (nSPS) is 13.4. The zero-order valence-corrected chi connectivity index (χ0v) is 28.9. The molecule has 0 saturated carbocycles. The van der Waals surface area contributed by atoms with Crippen molar-refractivity contribution in [2.75, 3.05) is 45.2 Å². The number of nitrogens with one attached hydrogen (secondary N) is 6. The number of alkyl carbamates (subject to hydrolysis) is 3. The van der Waals surface area contributed by atoms with Crippen LogP contribution in [0.4, 0.5) is 25.1 Å². The summed E-state index contributed by atoms with van der Waals surface area (Å²) in [6.45, 7) is 17.4. The third-order valence-electron chi connectivity index (χ3n) is 7.19. The lowest BCUT2D eigenvalue weighted by atomic mass is 9.80. The Bertz CT molecular complexity index is 1190. The predicted octanol–water partition coefficient (Wildman–Crippen LogP) is 4.28. The van der Waals surface area contributed by atoms with E-state index in [4.69, 9.17) is 9.47 Å². The number of nitrogens with zero attached hydrogens (tertiary/aromatic N) is 1. The second kappa shape index (κ2) is 19.5. The number of methoxy groups -OCH3 is 1. The second-order valence-corrected chi connectivity index (χ2v) is 13.6. The minimum Gasteiger partial charge on any atom is -0.453 e. The Morgan fingerprint density at radius 2 is 1.39 bits per heavy atom. The summed E-state index contributed by atoms with van der Waals surface area (Å²) in [5.41, 5.74) is -0.0227. The van der Waals surface area contributed by atoms with Gasteiger partial charge < -0.3 is 35.5 Å². The van der Waals surface area contributed by atoms with E-state index >= 15 is 0 Å². The van der Waals surface area contributed by atoms with Crippen molar-refractivity contribution < 1.29 is 33.4 Å². The fourth-order valence-corrected chi connectivity index (χ4v) is 5.13. The van der Waals surface area contributed by atoms with Gasteiger partial charge in [-0.3, -0.25) is 15.1 Å². The number of rotatable bonds is 18. The summed E-state index contributed by atoms with van der Waals surface area (Å²) in [7, 11) is 1.33. The monoisotopic (exact) mass is 653 g/mol. The molecule has 3 atom stereocenters. The molecule has 15 heteroatoms. The highest BCUT2D eigenvalue weighted by atomic mass is 16.6. The van der Waals surface area contributed by atoms with Crippen LogP contribution in [-0.4, -0.2) is 80.3 Å². The third-order valence-corrected chi connectivity index (χ3v) is 7.19. The first-order valence-electron chi connectivity index (χ1n) is 15.7. The van der Waals surface area contributed by atoms with Crippen LogP contribution in [0.15, 0.2) is 10.9 Å². The lowest BCUT2D eigenvalue weighted by Gasteiger charge is -2.28. The van der Waals surface area contributed by atoms with Crippen molar-refractivity contribution in [1.82, 2.24) is 31.2 Å². The van der Waals surface area contributed by atoms with E-state index in [0.29, 0.717) is 38.3 Å². The fraction of sp³-hybridized carbons (Fsp3) is 0.742. The molecule has 0 saturated heterocycles. The first-order valence-corrected chi connectivity index (χ1v) is 15.7. The largest absolute Gasteiger partial charge is 0.453 e. The topological polar surface area (TPSA) is 202 Å². The van der Waals surface area contributed by atoms with Gasteiger partial charge in [-0.15, -0.1) is 0 Å². The number of aryl methyl sites for hydroxylation is 1. The first-order chi connectivity index (χ1) is 21.4. The van der Waals surface area contributed by atoms with Gasteiger partial charge in [-0.05, 0) is 62.2 Å². The fourth-order valence-electron chi connectivity index (χ4n) is 5.13. The van der Waals surface area contributed by atoms with Crippen molar-refractivity contribution in [3.63, 3.8) is 0 Å². The summed E-state index contributed by atoms with van der Waals surface area (Å²) < 4.78 is 15.1. The number of carbonyl (C=O) groups excluding carboxylic acids is 4. The lowest BCUT2D eigenvalue weighted by Crippen LogP contribution is -2.36. The van der Waals surface area contributed by atoms with Crippen LogP contribution in [0.2, 0.25) is 0 Å². The van der Waals surface area contributed by atoms with Crippen LogP contribution < -0.4 is 32.1 Å². The summed E-state index contributed by atoms with van der Waals surface area (Å²) in [5, 5.41) is 13.5. The predicted molar refractivity (Wildman–Crippen MR) is 175 cm³/mol. The molecule has 1 aromatic rings. The minimum absolute atomic E-state index is 0.0478. The van der Waals surface area contributed by atoms with E-state index in [1.807, 2.05) is 13.8 Å². The van der Waals surface area contributed by atoms with Crippen molar-refractivity contribution in [1.29, 1.82) is 0 Å². The van der Waals surface area contributed by atoms with Crippen LogP contribution in [0.3, 0.4) is 0 Å². The van der Waals surface area contributed by atoms with E-state index in [9.17, 15) is 24.0 Å². The molecule has 0 aliphatic heterocycles. The minimum atomic E-state index is -0.633. The number of hydrogen-bond acceptors (Lipinski definition) is 9. The second-order valence-electron chi connectivity index (χ2n) is 13.6. The number of aromatic nitrogens is 2. The molecule has 0 aliphatic carbocycles. The van der Waals surface area contributed by atoms with Crippen LogP contribution >= 0.6 is 0 Å². The number of hydrogen-bond donors (Lipinski definition) is 6. The van der Waals surface area contributed by atoms with E-state index in [0.717, 1.165) is 19.3 Å². The molecule has 262 valence electrons. The van der Waals surface area contributed by atoms with Crippen molar-refractivity contribution >= 4 is 30.3 Å². The summed E-state index contributed by atoms with van der Waals surface area (Å²) >= 11 is 0. The van der Waals surface area contributed by atoms with Crippen molar-refractivity contribution in [3.05, 3.63) is 22.1 Å². The molecule has 15 nitrogen and oxygen atoms in total. The van der Waals surface area contributed by atoms with E-state index in [-0.39, 0.29) is 40.8 Å². The summed E-state index contributed by atoms with van der Waals surface area (Å²) in [4.78, 5) is 65.9. The maximum atomic E-state index is 12.2. The van der Waals surface area contributed by atoms with Crippen molar-refractivity contribution in [2.45, 2.75) is 87.2 Å². The average molecular weight is 654 g/mol. The number of aromatic amines is 1. The number of H-pyrrole nitrogens is 1. The standard InChI is InChI=1S/C31H55N7O8/c1-20(17-34-26(40)38-25-36-22(3)14-24(39)37-25)15-31(7,8)11-13-33-28(42)45-19-23(4)46-29(43)35-18-21(2)16-30(5,6)10-12-32-27(41)44-9/h14,20-21,23H,10-13,15-19H2,1-9H3,(H,32,41)(H,33,42)(H,35,43)(H3,34,36,37,38,39,40). The maximum Gasteiger partial charge on any atom is 0.407 e. The molecule has 1 heterocycles. The number of ether oxygens (including phenoxy) is 3. The van der Waals surface area contributed by atoms with Gasteiger partial charge in [0.25, 0.3) is 5.56 Å². The van der Waals surface area contributed by atoms with Crippen LogP contribution in [0.5, 0.6) is 0 Å². The molecule has 5 amide bonds. The quantitative estimate of drug-likeness (QED) is 0.125. The van der Waals surface area contributed by atoms with Crippen molar-refractivity contribution in [3.8, 4) is 0 Å². The Hall–Kier alpha value is -4.04. The molecule has 1 rings (SSSR count). The summed E-state index contributed by atoms with van der Waals surface area (Å²) in [6, 6.07) is 0.873. The molecule has 46 heavy (non-hydrogen) atoms. The van der Waals surface area contributed by atoms with Gasteiger partial charge in [0.05, 0.1) is 7.11 Å². The Labute approximate surface area is 272 Å². The van der Waals surface area contributed by atoms with Gasteiger partial charge in [0.15, 0.2) is 0 Å². The van der Waals surface area contributed by atoms with Gasteiger partial charge >= 0.3 is 24.3 Å². The smallest absolute Gasteiger partial charge is 0.407 e. The Morgan fingerprint density at radius 3 is 1.93 bits per heavy atom. The Balaban J connectivity index is 2.25. The van der Waals surface area contributed by atoms with Crippen LogP contribution in [0.25, 0.3) is 0 Å². The molecule has 0 fully saturated rings. The molecule has 6 N–H and O–H groups in total. The molecule has 0 aliphatic rings. The zero-order valence-electron chi connectivity index (χ0n) is 28.9. The van der Waals surface area contributed by atoms with Gasteiger partial charge in [0, 0.05) is 37.9 Å². The van der Waals surface area contributed by atoms with E-state index in [2.05, 4.69) is 69.0 Å². The maximum absolute atomic E-state index is 12.2. The molecule has 3 unspecified atom stereocenters.